The molecule has 10 heteroatoms. The monoisotopic (exact) mass is 402 g/mol. The van der Waals surface area contributed by atoms with E-state index in [-0.39, 0.29) is 40.9 Å². The molecule has 3 rings (SSSR count). The normalized spacial score (nSPS) is 13.8. The lowest BCUT2D eigenvalue weighted by molar-refractivity contribution is -0.167. The van der Waals surface area contributed by atoms with Gasteiger partial charge in [-0.05, 0) is 30.3 Å². The van der Waals surface area contributed by atoms with Crippen molar-refractivity contribution in [3.05, 3.63) is 52.8 Å². The maximum atomic E-state index is 14.1. The highest BCUT2D eigenvalue weighted by Crippen LogP contribution is 2.36. The van der Waals surface area contributed by atoms with Gasteiger partial charge in [-0.3, -0.25) is 9.59 Å². The van der Waals surface area contributed by atoms with Crippen molar-refractivity contribution in [3.8, 4) is 5.75 Å². The Bertz CT molecular complexity index is 897. The lowest BCUT2D eigenvalue weighted by atomic mass is 10.1. The Morgan fingerprint density at radius 2 is 2.00 bits per heavy atom. The zero-order valence-electron chi connectivity index (χ0n) is 13.4. The number of hydrogen-bond donors (Lipinski definition) is 1. The molecule has 0 saturated carbocycles. The molecule has 0 unspecified atom stereocenters. The fraction of sp³-hybridized carbons (Fsp3) is 0.176. The molecule has 1 heterocycles. The Morgan fingerprint density at radius 3 is 2.67 bits per heavy atom. The van der Waals surface area contributed by atoms with Crippen LogP contribution in [0.2, 0.25) is 5.02 Å². The molecule has 27 heavy (non-hydrogen) atoms. The van der Waals surface area contributed by atoms with Crippen molar-refractivity contribution in [2.24, 2.45) is 0 Å². The van der Waals surface area contributed by atoms with Gasteiger partial charge in [-0.25, -0.2) is 4.39 Å². The SMILES string of the molecule is O=C1COc2ccc(NC(=O)C(F)(F)F)cc2N1Cc1c(F)cccc1Cl. The average Bonchev–Trinajstić information content (AvgIpc) is 2.59. The van der Waals surface area contributed by atoms with Gasteiger partial charge in [-0.2, -0.15) is 13.2 Å². The largest absolute Gasteiger partial charge is 0.482 e. The van der Waals surface area contributed by atoms with E-state index in [0.29, 0.717) is 0 Å². The maximum absolute atomic E-state index is 14.1. The highest BCUT2D eigenvalue weighted by Gasteiger charge is 2.39. The Kier molecular flexibility index (Phi) is 4.97. The number of carbonyl (C=O) groups excluding carboxylic acids is 2. The Hall–Kier alpha value is -2.81. The molecule has 0 bridgehead atoms. The maximum Gasteiger partial charge on any atom is 0.471 e. The van der Waals surface area contributed by atoms with E-state index in [0.717, 1.165) is 11.0 Å². The predicted molar refractivity (Wildman–Crippen MR) is 89.2 cm³/mol. The summed E-state index contributed by atoms with van der Waals surface area (Å²) in [6.45, 7) is -0.579. The first-order valence-corrected chi connectivity index (χ1v) is 7.93. The Morgan fingerprint density at radius 1 is 1.26 bits per heavy atom. The van der Waals surface area contributed by atoms with Gasteiger partial charge >= 0.3 is 12.1 Å². The van der Waals surface area contributed by atoms with Crippen LogP contribution >= 0.6 is 11.6 Å². The van der Waals surface area contributed by atoms with E-state index >= 15 is 0 Å². The first-order chi connectivity index (χ1) is 12.7. The van der Waals surface area contributed by atoms with Gasteiger partial charge in [0.05, 0.1) is 12.2 Å². The third-order valence-electron chi connectivity index (χ3n) is 3.80. The lowest BCUT2D eigenvalue weighted by Crippen LogP contribution is -2.38. The molecule has 0 saturated heterocycles. The highest BCUT2D eigenvalue weighted by atomic mass is 35.5. The second-order valence-electron chi connectivity index (χ2n) is 5.60. The minimum atomic E-state index is -5.07. The number of ether oxygens (including phenoxy) is 1. The highest BCUT2D eigenvalue weighted by molar-refractivity contribution is 6.31. The molecule has 0 aromatic heterocycles. The number of anilines is 2. The van der Waals surface area contributed by atoms with Crippen LogP contribution in [0.1, 0.15) is 5.56 Å². The summed E-state index contributed by atoms with van der Waals surface area (Å²) >= 11 is 5.98. The number of alkyl halides is 3. The average molecular weight is 403 g/mol. The van der Waals surface area contributed by atoms with E-state index in [1.54, 1.807) is 5.32 Å². The first-order valence-electron chi connectivity index (χ1n) is 7.55. The summed E-state index contributed by atoms with van der Waals surface area (Å²) in [5.74, 6) is -3.13. The second-order valence-corrected chi connectivity index (χ2v) is 6.01. The number of nitrogens with one attached hydrogen (secondary N) is 1. The smallest absolute Gasteiger partial charge is 0.471 e. The van der Waals surface area contributed by atoms with Gasteiger partial charge in [0, 0.05) is 16.3 Å². The van der Waals surface area contributed by atoms with E-state index in [9.17, 15) is 27.2 Å². The second kappa shape index (κ2) is 7.07. The van der Waals surface area contributed by atoms with Crippen LogP contribution in [-0.4, -0.2) is 24.6 Å². The number of rotatable bonds is 3. The van der Waals surface area contributed by atoms with Crippen molar-refractivity contribution < 1.29 is 31.9 Å². The van der Waals surface area contributed by atoms with E-state index in [4.69, 9.17) is 16.3 Å². The third kappa shape index (κ3) is 3.97. The van der Waals surface area contributed by atoms with Crippen molar-refractivity contribution in [1.29, 1.82) is 0 Å². The molecule has 1 N–H and O–H groups in total. The summed E-state index contributed by atoms with van der Waals surface area (Å²) in [7, 11) is 0. The number of halogens is 5. The van der Waals surface area contributed by atoms with Crippen molar-refractivity contribution in [1.82, 2.24) is 0 Å². The number of benzene rings is 2. The molecule has 0 atom stereocenters. The van der Waals surface area contributed by atoms with Crippen molar-refractivity contribution in [2.75, 3.05) is 16.8 Å². The lowest BCUT2D eigenvalue weighted by Gasteiger charge is -2.30. The number of amides is 2. The van der Waals surface area contributed by atoms with Gasteiger partial charge in [-0.15, -0.1) is 0 Å². The molecule has 2 aromatic carbocycles. The Labute approximate surface area is 155 Å². The van der Waals surface area contributed by atoms with Gasteiger partial charge in [-0.1, -0.05) is 17.7 Å². The van der Waals surface area contributed by atoms with E-state index in [2.05, 4.69) is 0 Å². The molecular formula is C17H11ClF4N2O3. The van der Waals surface area contributed by atoms with Crippen molar-refractivity contribution in [3.63, 3.8) is 0 Å². The van der Waals surface area contributed by atoms with Crippen LogP contribution in [0.5, 0.6) is 5.75 Å². The van der Waals surface area contributed by atoms with Crippen LogP contribution in [0.4, 0.5) is 28.9 Å². The topological polar surface area (TPSA) is 58.6 Å². The van der Waals surface area contributed by atoms with Crippen LogP contribution in [0, 0.1) is 5.82 Å². The fourth-order valence-corrected chi connectivity index (χ4v) is 2.72. The van der Waals surface area contributed by atoms with Crippen molar-refractivity contribution in [2.45, 2.75) is 12.7 Å². The van der Waals surface area contributed by atoms with Gasteiger partial charge in [0.2, 0.25) is 0 Å². The van der Waals surface area contributed by atoms with Gasteiger partial charge in [0.1, 0.15) is 11.6 Å². The number of hydrogen-bond acceptors (Lipinski definition) is 3. The predicted octanol–water partition coefficient (Wildman–Crippen LogP) is 3.91. The zero-order chi connectivity index (χ0) is 19.8. The summed E-state index contributed by atoms with van der Waals surface area (Å²) in [5.41, 5.74) is -0.0605. The molecule has 1 aliphatic rings. The molecule has 0 spiro atoms. The molecule has 0 radical (unpaired) electrons. The summed E-state index contributed by atoms with van der Waals surface area (Å²) in [4.78, 5) is 24.5. The Balaban J connectivity index is 1.95. The molecule has 5 nitrogen and oxygen atoms in total. The molecular weight excluding hydrogens is 392 g/mol. The van der Waals surface area contributed by atoms with Crippen LogP contribution < -0.4 is 15.0 Å². The third-order valence-corrected chi connectivity index (χ3v) is 4.15. The van der Waals surface area contributed by atoms with Gasteiger partial charge < -0.3 is 15.0 Å². The van der Waals surface area contributed by atoms with Crippen LogP contribution in [-0.2, 0) is 16.1 Å². The van der Waals surface area contributed by atoms with Crippen LogP contribution in [0.25, 0.3) is 0 Å². The van der Waals surface area contributed by atoms with Crippen molar-refractivity contribution >= 4 is 34.8 Å². The minimum absolute atomic E-state index is 0.0464. The number of fused-ring (bicyclic) bond motifs is 1. The summed E-state index contributed by atoms with van der Waals surface area (Å²) in [6.07, 6.45) is -5.07. The summed E-state index contributed by atoms with van der Waals surface area (Å²) in [6, 6.07) is 7.68. The van der Waals surface area contributed by atoms with E-state index in [1.807, 2.05) is 0 Å². The number of nitrogens with zero attached hydrogens (tertiary/aromatic N) is 1. The minimum Gasteiger partial charge on any atom is -0.482 e. The van der Waals surface area contributed by atoms with Gasteiger partial charge in [0.15, 0.2) is 6.61 Å². The van der Waals surface area contributed by atoms with E-state index < -0.39 is 23.8 Å². The standard InChI is InChI=1S/C17H11ClF4N2O3/c18-11-2-1-3-12(19)10(11)7-24-13-6-9(23-16(26)17(20,21)22)4-5-14(13)27-8-15(24)25/h1-6H,7-8H2,(H,23,26). The van der Waals surface area contributed by atoms with Crippen LogP contribution in [0.15, 0.2) is 36.4 Å². The van der Waals surface area contributed by atoms with E-state index in [1.165, 1.54) is 30.3 Å². The van der Waals surface area contributed by atoms with Gasteiger partial charge in [0.25, 0.3) is 5.91 Å². The molecule has 2 amide bonds. The zero-order valence-corrected chi connectivity index (χ0v) is 14.2. The fourth-order valence-electron chi connectivity index (χ4n) is 2.50. The molecule has 1 aliphatic heterocycles. The summed E-state index contributed by atoms with van der Waals surface area (Å²) < 4.78 is 56.6. The molecule has 142 valence electrons. The quantitative estimate of drug-likeness (QED) is 0.792. The molecule has 0 fully saturated rings. The molecule has 2 aromatic rings. The first kappa shape index (κ1) is 19.0. The summed E-state index contributed by atoms with van der Waals surface area (Å²) in [5, 5.41) is 1.79. The van der Waals surface area contributed by atoms with Crippen LogP contribution in [0.3, 0.4) is 0 Å². The number of carbonyl (C=O) groups is 2. The molecule has 0 aliphatic carbocycles.